The van der Waals surface area contributed by atoms with Gasteiger partial charge in [-0.2, -0.15) is 0 Å². The zero-order chi connectivity index (χ0) is 17.0. The van der Waals surface area contributed by atoms with E-state index >= 15 is 0 Å². The Bertz CT molecular complexity index is 879. The van der Waals surface area contributed by atoms with E-state index in [2.05, 4.69) is 0 Å². The summed E-state index contributed by atoms with van der Waals surface area (Å²) < 4.78 is 25.7. The maximum Gasteiger partial charge on any atom is 0.266 e. The van der Waals surface area contributed by atoms with Crippen LogP contribution in [0.25, 0.3) is 6.08 Å². The van der Waals surface area contributed by atoms with Crippen LogP contribution >= 0.6 is 23.2 Å². The molecule has 5 nitrogen and oxygen atoms in total. The van der Waals surface area contributed by atoms with E-state index in [9.17, 15) is 18.3 Å². The number of aromatic hydroxyl groups is 1. The highest BCUT2D eigenvalue weighted by Gasteiger charge is 2.16. The molecule has 0 saturated carbocycles. The van der Waals surface area contributed by atoms with Gasteiger partial charge >= 0.3 is 0 Å². The molecule has 1 amide bonds. The molecule has 2 N–H and O–H groups in total. The molecular formula is C15H11Cl2NO4S. The highest BCUT2D eigenvalue weighted by molar-refractivity contribution is 7.93. The highest BCUT2D eigenvalue weighted by atomic mass is 35.5. The van der Waals surface area contributed by atoms with Crippen molar-refractivity contribution in [3.63, 3.8) is 0 Å². The number of hydrogen-bond acceptors (Lipinski definition) is 4. The third kappa shape index (κ3) is 4.72. The molecule has 2 aromatic rings. The van der Waals surface area contributed by atoms with Crippen LogP contribution in [0.15, 0.2) is 47.9 Å². The van der Waals surface area contributed by atoms with Crippen molar-refractivity contribution in [1.29, 1.82) is 0 Å². The van der Waals surface area contributed by atoms with Gasteiger partial charge in [0.2, 0.25) is 0 Å². The number of sulfonamides is 1. The number of hydrogen-bond donors (Lipinski definition) is 2. The quantitative estimate of drug-likeness (QED) is 0.861. The van der Waals surface area contributed by atoms with Gasteiger partial charge in [0.15, 0.2) is 0 Å². The molecule has 0 saturated heterocycles. The van der Waals surface area contributed by atoms with Crippen LogP contribution in [0.5, 0.6) is 5.75 Å². The number of phenols is 1. The number of nitrogens with one attached hydrogen (secondary N) is 1. The van der Waals surface area contributed by atoms with Crippen molar-refractivity contribution >= 4 is 45.2 Å². The molecule has 0 aliphatic heterocycles. The van der Waals surface area contributed by atoms with Crippen LogP contribution in [-0.4, -0.2) is 19.4 Å². The maximum absolute atomic E-state index is 12.0. The van der Waals surface area contributed by atoms with Crippen LogP contribution in [0.4, 0.5) is 0 Å². The van der Waals surface area contributed by atoms with Gasteiger partial charge in [-0.05, 0) is 30.3 Å². The molecule has 0 aliphatic carbocycles. The fourth-order valence-electron chi connectivity index (χ4n) is 1.68. The standard InChI is InChI=1S/C15H11Cl2NO4S/c16-11-5-6-12(13(17)9-11)15(20)18-23(21,22)8-7-10-3-1-2-4-14(10)19/h1-9,19H,(H,18,20)/b8-7+. The number of halogens is 2. The topological polar surface area (TPSA) is 83.5 Å². The lowest BCUT2D eigenvalue weighted by Gasteiger charge is -2.05. The van der Waals surface area contributed by atoms with Crippen LogP contribution in [0.2, 0.25) is 10.0 Å². The van der Waals surface area contributed by atoms with Crippen LogP contribution in [0, 0.1) is 0 Å². The Morgan fingerprint density at radius 1 is 1.13 bits per heavy atom. The van der Waals surface area contributed by atoms with Gasteiger partial charge in [0.1, 0.15) is 5.75 Å². The second kappa shape index (κ2) is 7.04. The largest absolute Gasteiger partial charge is 0.507 e. The van der Waals surface area contributed by atoms with Gasteiger partial charge in [-0.25, -0.2) is 13.1 Å². The predicted molar refractivity (Wildman–Crippen MR) is 90.0 cm³/mol. The van der Waals surface area contributed by atoms with Crippen molar-refractivity contribution in [2.45, 2.75) is 0 Å². The summed E-state index contributed by atoms with van der Waals surface area (Å²) in [7, 11) is -4.05. The van der Waals surface area contributed by atoms with Gasteiger partial charge in [0.25, 0.3) is 15.9 Å². The van der Waals surface area contributed by atoms with Crippen molar-refractivity contribution in [3.8, 4) is 5.75 Å². The average molecular weight is 372 g/mol. The third-order valence-electron chi connectivity index (χ3n) is 2.77. The predicted octanol–water partition coefficient (Wildman–Crippen LogP) is 3.43. The summed E-state index contributed by atoms with van der Waals surface area (Å²) >= 11 is 11.6. The maximum atomic E-state index is 12.0. The minimum Gasteiger partial charge on any atom is -0.507 e. The number of amides is 1. The first kappa shape index (κ1) is 17.3. The lowest BCUT2D eigenvalue weighted by Crippen LogP contribution is -2.29. The summed E-state index contributed by atoms with van der Waals surface area (Å²) in [6.07, 6.45) is 1.18. The van der Waals surface area contributed by atoms with Gasteiger partial charge in [-0.1, -0.05) is 41.4 Å². The molecule has 0 spiro atoms. The van der Waals surface area contributed by atoms with E-state index in [-0.39, 0.29) is 16.3 Å². The van der Waals surface area contributed by atoms with E-state index in [0.717, 1.165) is 5.41 Å². The molecule has 2 aromatic carbocycles. The van der Waals surface area contributed by atoms with Gasteiger partial charge in [-0.3, -0.25) is 4.79 Å². The van der Waals surface area contributed by atoms with Crippen LogP contribution in [0.1, 0.15) is 15.9 Å². The molecule has 2 rings (SSSR count). The van der Waals surface area contributed by atoms with Crippen molar-refractivity contribution in [1.82, 2.24) is 4.72 Å². The van der Waals surface area contributed by atoms with Gasteiger partial charge in [0.05, 0.1) is 16.0 Å². The first-order valence-corrected chi connectivity index (χ1v) is 8.57. The molecule has 8 heteroatoms. The second-order valence-electron chi connectivity index (χ2n) is 4.46. The Morgan fingerprint density at radius 2 is 1.83 bits per heavy atom. The normalized spacial score (nSPS) is 11.6. The van der Waals surface area contributed by atoms with E-state index in [1.165, 1.54) is 36.4 Å². The molecule has 0 unspecified atom stereocenters. The molecule has 0 atom stereocenters. The number of phenolic OH excluding ortho intramolecular Hbond substituents is 1. The molecule has 0 fully saturated rings. The molecule has 23 heavy (non-hydrogen) atoms. The number of para-hydroxylation sites is 1. The second-order valence-corrected chi connectivity index (χ2v) is 6.87. The Morgan fingerprint density at radius 3 is 2.48 bits per heavy atom. The van der Waals surface area contributed by atoms with E-state index in [1.54, 1.807) is 12.1 Å². The first-order chi connectivity index (χ1) is 10.8. The summed E-state index contributed by atoms with van der Waals surface area (Å²) in [5, 5.41) is 10.7. The highest BCUT2D eigenvalue weighted by Crippen LogP contribution is 2.21. The van der Waals surface area contributed by atoms with Crippen LogP contribution in [-0.2, 0) is 10.0 Å². The molecule has 0 aliphatic rings. The number of carbonyl (C=O) groups is 1. The molecule has 0 aromatic heterocycles. The summed E-state index contributed by atoms with van der Waals surface area (Å²) in [6.45, 7) is 0. The smallest absolute Gasteiger partial charge is 0.266 e. The fourth-order valence-corrected chi connectivity index (χ4v) is 2.94. The zero-order valence-electron chi connectivity index (χ0n) is 11.5. The van der Waals surface area contributed by atoms with E-state index in [1.807, 2.05) is 4.72 Å². The Balaban J connectivity index is 2.18. The summed E-state index contributed by atoms with van der Waals surface area (Å²) in [5.41, 5.74) is 0.283. The van der Waals surface area contributed by atoms with E-state index in [4.69, 9.17) is 23.2 Å². The van der Waals surface area contributed by atoms with Crippen molar-refractivity contribution in [2.75, 3.05) is 0 Å². The monoisotopic (exact) mass is 371 g/mol. The molecule has 0 bridgehead atoms. The molecule has 0 heterocycles. The summed E-state index contributed by atoms with van der Waals surface area (Å²) in [4.78, 5) is 12.0. The zero-order valence-corrected chi connectivity index (χ0v) is 13.9. The van der Waals surface area contributed by atoms with Gasteiger partial charge < -0.3 is 5.11 Å². The Hall–Kier alpha value is -2.02. The summed E-state index contributed by atoms with van der Waals surface area (Å²) in [5.74, 6) is -0.959. The van der Waals surface area contributed by atoms with Crippen molar-refractivity contribution < 1.29 is 18.3 Å². The number of benzene rings is 2. The Labute approximate surface area is 143 Å². The SMILES string of the molecule is O=C(NS(=O)(=O)/C=C/c1ccccc1O)c1ccc(Cl)cc1Cl. The van der Waals surface area contributed by atoms with Gasteiger partial charge in [0, 0.05) is 10.6 Å². The minimum absolute atomic E-state index is 0.0180. The summed E-state index contributed by atoms with van der Waals surface area (Å²) in [6, 6.07) is 10.3. The minimum atomic E-state index is -4.05. The molecule has 0 radical (unpaired) electrons. The van der Waals surface area contributed by atoms with Crippen LogP contribution < -0.4 is 4.72 Å². The average Bonchev–Trinajstić information content (AvgIpc) is 2.45. The fraction of sp³-hybridized carbons (Fsp3) is 0. The van der Waals surface area contributed by atoms with Gasteiger partial charge in [-0.15, -0.1) is 0 Å². The third-order valence-corrected chi connectivity index (χ3v) is 4.29. The number of carbonyl (C=O) groups excluding carboxylic acids is 1. The first-order valence-electron chi connectivity index (χ1n) is 6.27. The van der Waals surface area contributed by atoms with E-state index < -0.39 is 15.9 Å². The van der Waals surface area contributed by atoms with Crippen LogP contribution in [0.3, 0.4) is 0 Å². The molecular weight excluding hydrogens is 361 g/mol. The Kier molecular flexibility index (Phi) is 5.30. The lowest BCUT2D eigenvalue weighted by molar-refractivity contribution is 0.0982. The lowest BCUT2D eigenvalue weighted by atomic mass is 10.2. The molecule has 120 valence electrons. The van der Waals surface area contributed by atoms with Crippen molar-refractivity contribution in [2.24, 2.45) is 0 Å². The number of rotatable bonds is 4. The van der Waals surface area contributed by atoms with Crippen molar-refractivity contribution in [3.05, 3.63) is 69.0 Å². The van der Waals surface area contributed by atoms with E-state index in [0.29, 0.717) is 10.6 Å².